The highest BCUT2D eigenvalue weighted by Crippen LogP contribution is 2.21. The maximum Gasteiger partial charge on any atom is 0.260 e. The van der Waals surface area contributed by atoms with Crippen molar-refractivity contribution < 1.29 is 22.3 Å². The fourth-order valence-corrected chi connectivity index (χ4v) is 3.07. The lowest BCUT2D eigenvalue weighted by molar-refractivity contribution is -0.134. The van der Waals surface area contributed by atoms with Crippen molar-refractivity contribution in [2.75, 3.05) is 39.0 Å². The Balaban J connectivity index is 1.85. The third kappa shape index (κ3) is 4.31. The first kappa shape index (κ1) is 17.0. The quantitative estimate of drug-likeness (QED) is 0.811. The van der Waals surface area contributed by atoms with Crippen LogP contribution in [0.3, 0.4) is 0 Å². The summed E-state index contributed by atoms with van der Waals surface area (Å²) < 4.78 is 42.4. The number of carbonyl (C=O) groups excluding carboxylic acids is 1. The summed E-state index contributed by atoms with van der Waals surface area (Å²) in [5, 5.41) is -0.0771. The van der Waals surface area contributed by atoms with Crippen molar-refractivity contribution >= 4 is 27.5 Å². The summed E-state index contributed by atoms with van der Waals surface area (Å²) in [6.45, 7) is 0.972. The largest absolute Gasteiger partial charge is 0.484 e. The fraction of sp³-hybridized carbons (Fsp3) is 0.462. The Morgan fingerprint density at radius 1 is 1.32 bits per heavy atom. The van der Waals surface area contributed by atoms with Gasteiger partial charge in [-0.25, -0.2) is 12.8 Å². The Hall–Kier alpha value is -1.38. The first-order valence-corrected chi connectivity index (χ1v) is 8.81. The zero-order valence-electron chi connectivity index (χ0n) is 12.0. The number of ether oxygens (including phenoxy) is 1. The molecule has 1 aliphatic rings. The van der Waals surface area contributed by atoms with Gasteiger partial charge in [-0.2, -0.15) is 4.31 Å². The lowest BCUT2D eigenvalue weighted by Crippen LogP contribution is -2.51. The molecule has 1 aromatic carbocycles. The molecule has 0 bridgehead atoms. The first-order valence-electron chi connectivity index (χ1n) is 6.58. The van der Waals surface area contributed by atoms with Gasteiger partial charge in [0, 0.05) is 32.2 Å². The molecule has 2 rings (SSSR count). The molecular weight excluding hydrogens is 335 g/mol. The molecule has 1 saturated heterocycles. The van der Waals surface area contributed by atoms with Gasteiger partial charge in [-0.05, 0) is 12.1 Å². The van der Waals surface area contributed by atoms with Crippen LogP contribution in [0, 0.1) is 5.82 Å². The summed E-state index contributed by atoms with van der Waals surface area (Å²) in [4.78, 5) is 13.5. The number of nitrogens with zero attached hydrogens (tertiary/aromatic N) is 2. The molecule has 0 spiro atoms. The van der Waals surface area contributed by atoms with Crippen molar-refractivity contribution in [2.45, 2.75) is 0 Å². The van der Waals surface area contributed by atoms with E-state index in [1.165, 1.54) is 21.3 Å². The minimum absolute atomic E-state index is 0.0771. The second-order valence-corrected chi connectivity index (χ2v) is 7.30. The molecule has 1 fully saturated rings. The predicted molar refractivity (Wildman–Crippen MR) is 79.9 cm³/mol. The van der Waals surface area contributed by atoms with Crippen LogP contribution in [0.25, 0.3) is 0 Å². The Kier molecular flexibility index (Phi) is 5.25. The number of sulfonamides is 1. The summed E-state index contributed by atoms with van der Waals surface area (Å²) in [7, 11) is -3.23. The number of hydrogen-bond acceptors (Lipinski definition) is 4. The molecule has 1 heterocycles. The highest BCUT2D eigenvalue weighted by atomic mass is 35.5. The average Bonchev–Trinajstić information content (AvgIpc) is 2.47. The standard InChI is InChI=1S/C13H16ClFN2O4S/c1-22(19,20)17-6-4-16(5-7-17)13(18)9-21-10-2-3-12(15)11(14)8-10/h2-3,8H,4-7,9H2,1H3. The maximum atomic E-state index is 13.0. The van der Waals surface area contributed by atoms with Crippen LogP contribution in [-0.2, 0) is 14.8 Å². The highest BCUT2D eigenvalue weighted by molar-refractivity contribution is 7.88. The van der Waals surface area contributed by atoms with Crippen molar-refractivity contribution in [1.82, 2.24) is 9.21 Å². The smallest absolute Gasteiger partial charge is 0.260 e. The topological polar surface area (TPSA) is 66.9 Å². The second kappa shape index (κ2) is 6.80. The van der Waals surface area contributed by atoms with E-state index in [0.29, 0.717) is 18.8 Å². The van der Waals surface area contributed by atoms with Crippen LogP contribution in [-0.4, -0.2) is 62.6 Å². The molecule has 1 amide bonds. The average molecular weight is 351 g/mol. The van der Waals surface area contributed by atoms with E-state index in [1.807, 2.05) is 0 Å². The van der Waals surface area contributed by atoms with E-state index >= 15 is 0 Å². The number of amides is 1. The van der Waals surface area contributed by atoms with E-state index < -0.39 is 15.8 Å². The zero-order chi connectivity index (χ0) is 16.3. The van der Waals surface area contributed by atoms with E-state index in [2.05, 4.69) is 0 Å². The number of hydrogen-bond donors (Lipinski definition) is 0. The summed E-state index contributed by atoms with van der Waals surface area (Å²) in [5.74, 6) is -0.514. The molecule has 0 saturated carbocycles. The van der Waals surface area contributed by atoms with Gasteiger partial charge in [0.1, 0.15) is 11.6 Å². The lowest BCUT2D eigenvalue weighted by Gasteiger charge is -2.33. The Morgan fingerprint density at radius 2 is 1.95 bits per heavy atom. The molecule has 0 N–H and O–H groups in total. The van der Waals surface area contributed by atoms with Gasteiger partial charge in [-0.1, -0.05) is 11.6 Å². The van der Waals surface area contributed by atoms with E-state index in [9.17, 15) is 17.6 Å². The van der Waals surface area contributed by atoms with Crippen LogP contribution in [0.4, 0.5) is 4.39 Å². The van der Waals surface area contributed by atoms with E-state index in [1.54, 1.807) is 0 Å². The highest BCUT2D eigenvalue weighted by Gasteiger charge is 2.26. The van der Waals surface area contributed by atoms with Crippen LogP contribution in [0.2, 0.25) is 5.02 Å². The SMILES string of the molecule is CS(=O)(=O)N1CCN(C(=O)COc2ccc(F)c(Cl)c2)CC1. The van der Waals surface area contributed by atoms with Crippen molar-refractivity contribution in [2.24, 2.45) is 0 Å². The molecule has 0 atom stereocenters. The lowest BCUT2D eigenvalue weighted by atomic mass is 10.3. The molecular formula is C13H16ClFN2O4S. The van der Waals surface area contributed by atoms with Crippen molar-refractivity contribution in [3.8, 4) is 5.75 Å². The number of carbonyl (C=O) groups is 1. The minimum atomic E-state index is -3.23. The maximum absolute atomic E-state index is 13.0. The molecule has 0 aromatic heterocycles. The number of halogens is 2. The molecule has 1 aromatic rings. The number of rotatable bonds is 4. The summed E-state index contributed by atoms with van der Waals surface area (Å²) in [6, 6.07) is 3.84. The fourth-order valence-electron chi connectivity index (χ4n) is 2.07. The van der Waals surface area contributed by atoms with Gasteiger partial charge in [0.2, 0.25) is 10.0 Å². The van der Waals surface area contributed by atoms with Crippen molar-refractivity contribution in [3.05, 3.63) is 29.0 Å². The van der Waals surface area contributed by atoms with Crippen molar-refractivity contribution in [1.29, 1.82) is 0 Å². The van der Waals surface area contributed by atoms with Crippen LogP contribution in [0.15, 0.2) is 18.2 Å². The molecule has 9 heteroatoms. The van der Waals surface area contributed by atoms with Crippen LogP contribution >= 0.6 is 11.6 Å². The third-order valence-electron chi connectivity index (χ3n) is 3.31. The second-order valence-electron chi connectivity index (χ2n) is 4.91. The minimum Gasteiger partial charge on any atom is -0.484 e. The van der Waals surface area contributed by atoms with Crippen LogP contribution in [0.5, 0.6) is 5.75 Å². The molecule has 1 aliphatic heterocycles. The third-order valence-corrected chi connectivity index (χ3v) is 4.91. The van der Waals surface area contributed by atoms with Gasteiger partial charge in [-0.3, -0.25) is 4.79 Å². The van der Waals surface area contributed by atoms with E-state index in [4.69, 9.17) is 16.3 Å². The number of piperazine rings is 1. The van der Waals surface area contributed by atoms with Gasteiger partial charge in [0.15, 0.2) is 6.61 Å². The van der Waals surface area contributed by atoms with E-state index in [-0.39, 0.29) is 30.6 Å². The predicted octanol–water partition coefficient (Wildman–Crippen LogP) is 0.962. The molecule has 0 unspecified atom stereocenters. The van der Waals surface area contributed by atoms with Gasteiger partial charge < -0.3 is 9.64 Å². The van der Waals surface area contributed by atoms with Gasteiger partial charge in [0.05, 0.1) is 11.3 Å². The van der Waals surface area contributed by atoms with Gasteiger partial charge in [-0.15, -0.1) is 0 Å². The molecule has 0 aliphatic carbocycles. The first-order chi connectivity index (χ1) is 10.3. The molecule has 122 valence electrons. The normalized spacial score (nSPS) is 16.6. The Bertz CT molecular complexity index is 660. The Morgan fingerprint density at radius 3 is 2.50 bits per heavy atom. The summed E-state index contributed by atoms with van der Waals surface area (Å²) >= 11 is 5.62. The Labute approximate surface area is 133 Å². The van der Waals surface area contributed by atoms with Gasteiger partial charge in [0.25, 0.3) is 5.91 Å². The van der Waals surface area contributed by atoms with Crippen LogP contribution in [0.1, 0.15) is 0 Å². The van der Waals surface area contributed by atoms with Gasteiger partial charge >= 0.3 is 0 Å². The van der Waals surface area contributed by atoms with Crippen LogP contribution < -0.4 is 4.74 Å². The molecule has 22 heavy (non-hydrogen) atoms. The number of benzene rings is 1. The zero-order valence-corrected chi connectivity index (χ0v) is 13.5. The van der Waals surface area contributed by atoms with E-state index in [0.717, 1.165) is 12.3 Å². The summed E-state index contributed by atoms with van der Waals surface area (Å²) in [5.41, 5.74) is 0. The molecule has 0 radical (unpaired) electrons. The molecule has 6 nitrogen and oxygen atoms in total. The van der Waals surface area contributed by atoms with Crippen molar-refractivity contribution in [3.63, 3.8) is 0 Å². The monoisotopic (exact) mass is 350 g/mol. The summed E-state index contributed by atoms with van der Waals surface area (Å²) in [6.07, 6.45) is 1.14.